The SMILES string of the molecule is NC(CCCNC(=O)CCC1CNCCN1)C(=O)O. The smallest absolute Gasteiger partial charge is 0.320 e. The van der Waals surface area contributed by atoms with E-state index in [4.69, 9.17) is 10.8 Å². The van der Waals surface area contributed by atoms with E-state index in [9.17, 15) is 9.59 Å². The monoisotopic (exact) mass is 272 g/mol. The average molecular weight is 272 g/mol. The predicted octanol–water partition coefficient (Wildman–Crippen LogP) is -1.36. The second-order valence-electron chi connectivity index (χ2n) is 4.83. The third-order valence-electron chi connectivity index (χ3n) is 3.18. The quantitative estimate of drug-likeness (QED) is 0.348. The van der Waals surface area contributed by atoms with Crippen LogP contribution in [0.2, 0.25) is 0 Å². The summed E-state index contributed by atoms with van der Waals surface area (Å²) in [6.07, 6.45) is 2.27. The van der Waals surface area contributed by atoms with Crippen molar-refractivity contribution in [3.05, 3.63) is 0 Å². The van der Waals surface area contributed by atoms with E-state index in [-0.39, 0.29) is 5.91 Å². The van der Waals surface area contributed by atoms with Gasteiger partial charge in [-0.25, -0.2) is 0 Å². The van der Waals surface area contributed by atoms with Gasteiger partial charge >= 0.3 is 5.97 Å². The van der Waals surface area contributed by atoms with E-state index < -0.39 is 12.0 Å². The lowest BCUT2D eigenvalue weighted by atomic mass is 10.1. The molecule has 0 saturated carbocycles. The lowest BCUT2D eigenvalue weighted by Crippen LogP contribution is -2.48. The van der Waals surface area contributed by atoms with Gasteiger partial charge in [-0.15, -0.1) is 0 Å². The minimum absolute atomic E-state index is 0.0104. The fourth-order valence-electron chi connectivity index (χ4n) is 1.98. The molecule has 0 aromatic rings. The zero-order valence-corrected chi connectivity index (χ0v) is 11.2. The second-order valence-corrected chi connectivity index (χ2v) is 4.83. The molecular formula is C12H24N4O3. The van der Waals surface area contributed by atoms with Crippen LogP contribution in [0.1, 0.15) is 25.7 Å². The van der Waals surface area contributed by atoms with Crippen LogP contribution in [0.3, 0.4) is 0 Å². The molecule has 1 heterocycles. The minimum Gasteiger partial charge on any atom is -0.480 e. The molecule has 1 saturated heterocycles. The Kier molecular flexibility index (Phi) is 7.39. The maximum atomic E-state index is 11.6. The van der Waals surface area contributed by atoms with E-state index in [1.807, 2.05) is 0 Å². The number of carboxylic acid groups (broad SMARTS) is 1. The van der Waals surface area contributed by atoms with Gasteiger partial charge in [0.2, 0.25) is 5.91 Å². The highest BCUT2D eigenvalue weighted by atomic mass is 16.4. The number of nitrogens with one attached hydrogen (secondary N) is 3. The van der Waals surface area contributed by atoms with Gasteiger partial charge in [-0.1, -0.05) is 0 Å². The van der Waals surface area contributed by atoms with E-state index in [0.29, 0.717) is 31.8 Å². The van der Waals surface area contributed by atoms with Gasteiger partial charge in [-0.2, -0.15) is 0 Å². The molecule has 1 aliphatic rings. The summed E-state index contributed by atoms with van der Waals surface area (Å²) >= 11 is 0. The topological polar surface area (TPSA) is 116 Å². The third kappa shape index (κ3) is 7.09. The lowest BCUT2D eigenvalue weighted by molar-refractivity contribution is -0.138. The van der Waals surface area contributed by atoms with Gasteiger partial charge in [0.25, 0.3) is 0 Å². The van der Waals surface area contributed by atoms with E-state index >= 15 is 0 Å². The second kappa shape index (κ2) is 8.84. The Hall–Kier alpha value is -1.18. The lowest BCUT2D eigenvalue weighted by Gasteiger charge is -2.24. The van der Waals surface area contributed by atoms with E-state index in [0.717, 1.165) is 26.1 Å². The maximum absolute atomic E-state index is 11.6. The Morgan fingerprint density at radius 3 is 2.84 bits per heavy atom. The zero-order valence-electron chi connectivity index (χ0n) is 11.2. The van der Waals surface area contributed by atoms with Gasteiger partial charge in [0.15, 0.2) is 0 Å². The van der Waals surface area contributed by atoms with Gasteiger partial charge < -0.3 is 26.8 Å². The largest absolute Gasteiger partial charge is 0.480 e. The number of aliphatic carboxylic acids is 1. The number of carboxylic acids is 1. The molecule has 1 fully saturated rings. The minimum atomic E-state index is -0.998. The maximum Gasteiger partial charge on any atom is 0.320 e. The van der Waals surface area contributed by atoms with Crippen LogP contribution in [-0.2, 0) is 9.59 Å². The van der Waals surface area contributed by atoms with Gasteiger partial charge in [0.1, 0.15) is 6.04 Å². The molecule has 7 nitrogen and oxygen atoms in total. The first-order valence-electron chi connectivity index (χ1n) is 6.79. The highest BCUT2D eigenvalue weighted by molar-refractivity contribution is 5.76. The first kappa shape index (κ1) is 15.9. The van der Waals surface area contributed by atoms with Crippen LogP contribution in [0.15, 0.2) is 0 Å². The van der Waals surface area contributed by atoms with Crippen molar-refractivity contribution in [3.8, 4) is 0 Å². The molecule has 0 spiro atoms. The Morgan fingerprint density at radius 2 is 2.21 bits per heavy atom. The molecule has 110 valence electrons. The predicted molar refractivity (Wildman–Crippen MR) is 71.7 cm³/mol. The first-order valence-corrected chi connectivity index (χ1v) is 6.79. The first-order chi connectivity index (χ1) is 9.09. The van der Waals surface area contributed by atoms with Crippen LogP contribution in [-0.4, -0.2) is 55.2 Å². The number of amides is 1. The summed E-state index contributed by atoms with van der Waals surface area (Å²) in [5, 5.41) is 18.0. The summed E-state index contributed by atoms with van der Waals surface area (Å²) in [6, 6.07) is -0.477. The van der Waals surface area contributed by atoms with Gasteiger partial charge in [-0.3, -0.25) is 9.59 Å². The molecular weight excluding hydrogens is 248 g/mol. The van der Waals surface area contributed by atoms with Crippen LogP contribution in [0, 0.1) is 0 Å². The summed E-state index contributed by atoms with van der Waals surface area (Å²) in [5.74, 6) is -0.988. The summed E-state index contributed by atoms with van der Waals surface area (Å²) < 4.78 is 0. The number of piperazine rings is 1. The fourth-order valence-corrected chi connectivity index (χ4v) is 1.98. The van der Waals surface area contributed by atoms with Crippen LogP contribution in [0.5, 0.6) is 0 Å². The summed E-state index contributed by atoms with van der Waals surface area (Å²) in [7, 11) is 0. The molecule has 0 radical (unpaired) electrons. The normalized spacial score (nSPS) is 20.8. The molecule has 19 heavy (non-hydrogen) atoms. The van der Waals surface area contributed by atoms with Crippen molar-refractivity contribution in [2.45, 2.75) is 37.8 Å². The fraction of sp³-hybridized carbons (Fsp3) is 0.833. The molecule has 6 N–H and O–H groups in total. The molecule has 1 rings (SSSR count). The molecule has 0 aliphatic carbocycles. The van der Waals surface area contributed by atoms with Crippen molar-refractivity contribution in [2.75, 3.05) is 26.2 Å². The number of rotatable bonds is 8. The number of carbonyl (C=O) groups is 2. The summed E-state index contributed by atoms with van der Waals surface area (Å²) in [4.78, 5) is 22.0. The number of hydrogen-bond acceptors (Lipinski definition) is 5. The van der Waals surface area contributed by atoms with Gasteiger partial charge in [-0.05, 0) is 19.3 Å². The van der Waals surface area contributed by atoms with Crippen LogP contribution in [0.25, 0.3) is 0 Å². The average Bonchev–Trinajstić information content (AvgIpc) is 2.42. The Bertz CT molecular complexity index is 293. The van der Waals surface area contributed by atoms with E-state index in [1.165, 1.54) is 0 Å². The molecule has 0 aromatic heterocycles. The summed E-state index contributed by atoms with van der Waals surface area (Å²) in [6.45, 7) is 3.31. The number of hydrogen-bond donors (Lipinski definition) is 5. The van der Waals surface area contributed by atoms with Crippen LogP contribution in [0.4, 0.5) is 0 Å². The molecule has 2 atom stereocenters. The molecule has 7 heteroatoms. The highest BCUT2D eigenvalue weighted by Crippen LogP contribution is 1.99. The van der Waals surface area contributed by atoms with Crippen LogP contribution < -0.4 is 21.7 Å². The van der Waals surface area contributed by atoms with Crippen LogP contribution >= 0.6 is 0 Å². The van der Waals surface area contributed by atoms with Gasteiger partial charge in [0.05, 0.1) is 0 Å². The molecule has 0 aromatic carbocycles. The Labute approximate surface area is 113 Å². The standard InChI is InChI=1S/C12H24N4O3/c13-10(12(18)19)2-1-5-16-11(17)4-3-9-8-14-6-7-15-9/h9-10,14-15H,1-8,13H2,(H,16,17)(H,18,19). The molecule has 2 unspecified atom stereocenters. The van der Waals surface area contributed by atoms with Crippen molar-refractivity contribution in [1.82, 2.24) is 16.0 Å². The van der Waals surface area contributed by atoms with Crippen molar-refractivity contribution in [2.24, 2.45) is 5.73 Å². The van der Waals surface area contributed by atoms with Crippen molar-refractivity contribution >= 4 is 11.9 Å². The van der Waals surface area contributed by atoms with Gasteiger partial charge in [0, 0.05) is 38.6 Å². The van der Waals surface area contributed by atoms with Crippen molar-refractivity contribution < 1.29 is 14.7 Å². The number of carbonyl (C=O) groups excluding carboxylic acids is 1. The number of nitrogens with two attached hydrogens (primary N) is 1. The zero-order chi connectivity index (χ0) is 14.1. The molecule has 1 amide bonds. The third-order valence-corrected chi connectivity index (χ3v) is 3.18. The van der Waals surface area contributed by atoms with Crippen molar-refractivity contribution in [1.29, 1.82) is 0 Å². The van der Waals surface area contributed by atoms with Crippen molar-refractivity contribution in [3.63, 3.8) is 0 Å². The Balaban J connectivity index is 2.00. The molecule has 0 bridgehead atoms. The highest BCUT2D eigenvalue weighted by Gasteiger charge is 2.14. The van der Waals surface area contributed by atoms with E-state index in [2.05, 4.69) is 16.0 Å². The molecule has 1 aliphatic heterocycles. The Morgan fingerprint density at radius 1 is 1.42 bits per heavy atom. The summed E-state index contributed by atoms with van der Waals surface area (Å²) in [5.41, 5.74) is 5.36. The van der Waals surface area contributed by atoms with E-state index in [1.54, 1.807) is 0 Å².